The fraction of sp³-hybridized carbons (Fsp3) is 0.792. The highest BCUT2D eigenvalue weighted by Crippen LogP contribution is 2.51. The molecule has 1 aliphatic rings. The van der Waals surface area contributed by atoms with Gasteiger partial charge in [-0.25, -0.2) is 9.46 Å². The van der Waals surface area contributed by atoms with E-state index in [4.69, 9.17) is 23.8 Å². The lowest BCUT2D eigenvalue weighted by molar-refractivity contribution is -0.0421. The maximum absolute atomic E-state index is 13.0. The number of aromatic nitrogens is 2. The van der Waals surface area contributed by atoms with Crippen LogP contribution in [0.15, 0.2) is 15.8 Å². The van der Waals surface area contributed by atoms with Crippen molar-refractivity contribution in [1.82, 2.24) is 14.2 Å². The molecule has 11 heteroatoms. The van der Waals surface area contributed by atoms with Crippen molar-refractivity contribution in [3.05, 3.63) is 32.6 Å². The van der Waals surface area contributed by atoms with Gasteiger partial charge in [-0.15, -0.1) is 0 Å². The van der Waals surface area contributed by atoms with E-state index in [9.17, 15) is 9.59 Å². The number of rotatable bonds is 13. The number of hydrogen-bond acceptors (Lipinski definition) is 8. The highest BCUT2D eigenvalue weighted by Gasteiger charge is 2.54. The van der Waals surface area contributed by atoms with E-state index >= 15 is 0 Å². The Bertz CT molecular complexity index is 964. The first kappa shape index (κ1) is 29.6. The normalized spacial score (nSPS) is 23.5. The van der Waals surface area contributed by atoms with Crippen LogP contribution in [-0.4, -0.2) is 64.4 Å². The van der Waals surface area contributed by atoms with Crippen LogP contribution in [0.3, 0.4) is 0 Å². The second-order valence-electron chi connectivity index (χ2n) is 9.70. The fourth-order valence-electron chi connectivity index (χ4n) is 4.32. The summed E-state index contributed by atoms with van der Waals surface area (Å²) < 4.78 is 28.7. The zero-order valence-corrected chi connectivity index (χ0v) is 23.1. The summed E-state index contributed by atoms with van der Waals surface area (Å²) in [5, 5.41) is 9.05. The summed E-state index contributed by atoms with van der Waals surface area (Å²) in [5.74, 6) is 0. The molecule has 0 aromatic carbocycles. The molecule has 2 rings (SSSR count). The van der Waals surface area contributed by atoms with Crippen LogP contribution in [-0.2, 0) is 24.1 Å². The Morgan fingerprint density at radius 2 is 1.94 bits per heavy atom. The minimum Gasteiger partial charge on any atom is -0.376 e. The average molecular weight is 513 g/mol. The Labute approximate surface area is 209 Å². The third-order valence-corrected chi connectivity index (χ3v) is 8.20. The molecule has 0 amide bonds. The van der Waals surface area contributed by atoms with Crippen molar-refractivity contribution in [3.8, 4) is 6.07 Å². The Morgan fingerprint density at radius 3 is 2.49 bits per heavy atom. The van der Waals surface area contributed by atoms with Gasteiger partial charge in [0.25, 0.3) is 14.1 Å². The lowest BCUT2D eigenvalue weighted by Crippen LogP contribution is -2.54. The highest BCUT2D eigenvalue weighted by atomic mass is 31.2. The van der Waals surface area contributed by atoms with Crippen LogP contribution in [0.1, 0.15) is 66.9 Å². The Hall–Kier alpha value is -1.60. The quantitative estimate of drug-likeness (QED) is 0.315. The molecular weight excluding hydrogens is 471 g/mol. The van der Waals surface area contributed by atoms with Gasteiger partial charge in [0.15, 0.2) is 0 Å². The predicted octanol–water partition coefficient (Wildman–Crippen LogP) is 3.44. The standard InChI is InChI=1S/C24H41N4O6P/c1-9-24(27-13-19(8)22(29)26-23(27)30)15-32-20(14-31-18(6)7)21(24)34-35(33-12-10-11-25)28(16(2)3)17(4)5/h13,16-18,20-21H,9-10,12,14-15H2,1-8H3,(H,26,29,30). The predicted molar refractivity (Wildman–Crippen MR) is 135 cm³/mol. The third-order valence-electron chi connectivity index (χ3n) is 6.09. The number of H-pyrrole nitrogens is 1. The number of nitrogens with one attached hydrogen (secondary N) is 1. The molecule has 10 nitrogen and oxygen atoms in total. The van der Waals surface area contributed by atoms with E-state index in [0.717, 1.165) is 0 Å². The van der Waals surface area contributed by atoms with Crippen molar-refractivity contribution in [2.75, 3.05) is 19.8 Å². The van der Waals surface area contributed by atoms with Gasteiger partial charge in [-0.3, -0.25) is 14.3 Å². The van der Waals surface area contributed by atoms with Crippen LogP contribution < -0.4 is 11.2 Å². The average Bonchev–Trinajstić information content (AvgIpc) is 3.12. The van der Waals surface area contributed by atoms with Crippen LogP contribution in [0.4, 0.5) is 0 Å². The molecule has 0 saturated carbocycles. The molecule has 35 heavy (non-hydrogen) atoms. The van der Waals surface area contributed by atoms with Crippen LogP contribution >= 0.6 is 8.53 Å². The van der Waals surface area contributed by atoms with Gasteiger partial charge in [-0.1, -0.05) is 6.92 Å². The summed E-state index contributed by atoms with van der Waals surface area (Å²) in [5.41, 5.74) is -1.38. The van der Waals surface area contributed by atoms with E-state index in [1.807, 2.05) is 20.8 Å². The van der Waals surface area contributed by atoms with Crippen LogP contribution in [0, 0.1) is 18.3 Å². The molecule has 4 atom stereocenters. The molecule has 2 heterocycles. The fourth-order valence-corrected chi connectivity index (χ4v) is 6.16. The van der Waals surface area contributed by atoms with E-state index in [2.05, 4.69) is 43.4 Å². The first-order valence-corrected chi connectivity index (χ1v) is 13.4. The largest absolute Gasteiger partial charge is 0.376 e. The molecule has 1 fully saturated rings. The Kier molecular flexibility index (Phi) is 11.1. The number of nitriles is 1. The topological polar surface area (TPSA) is 119 Å². The Morgan fingerprint density at radius 1 is 1.29 bits per heavy atom. The number of hydrogen-bond donors (Lipinski definition) is 1. The lowest BCUT2D eigenvalue weighted by Gasteiger charge is -2.41. The van der Waals surface area contributed by atoms with Crippen molar-refractivity contribution < 1.29 is 18.5 Å². The molecule has 1 N–H and O–H groups in total. The van der Waals surface area contributed by atoms with E-state index in [0.29, 0.717) is 12.0 Å². The van der Waals surface area contributed by atoms with E-state index in [-0.39, 0.29) is 44.4 Å². The second-order valence-corrected chi connectivity index (χ2v) is 11.1. The molecule has 1 aliphatic heterocycles. The Balaban J connectivity index is 2.58. The van der Waals surface area contributed by atoms with E-state index in [1.165, 1.54) is 0 Å². The van der Waals surface area contributed by atoms with Crippen LogP contribution in [0.2, 0.25) is 0 Å². The number of aromatic amines is 1. The first-order chi connectivity index (χ1) is 16.5. The van der Waals surface area contributed by atoms with Crippen LogP contribution in [0.5, 0.6) is 0 Å². The number of ether oxygens (including phenoxy) is 2. The van der Waals surface area contributed by atoms with Gasteiger partial charge in [-0.05, 0) is 54.9 Å². The van der Waals surface area contributed by atoms with Gasteiger partial charge in [0.2, 0.25) is 0 Å². The summed E-state index contributed by atoms with van der Waals surface area (Å²) in [6.45, 7) is 16.5. The third kappa shape index (κ3) is 7.00. The second kappa shape index (κ2) is 13.1. The molecular formula is C24H41N4O6P. The van der Waals surface area contributed by atoms with Crippen LogP contribution in [0.25, 0.3) is 0 Å². The van der Waals surface area contributed by atoms with Crippen molar-refractivity contribution in [1.29, 1.82) is 5.26 Å². The van der Waals surface area contributed by atoms with Crippen molar-refractivity contribution in [2.45, 2.75) is 104 Å². The van der Waals surface area contributed by atoms with Crippen molar-refractivity contribution >= 4 is 8.53 Å². The minimum atomic E-state index is -1.60. The number of nitrogens with zero attached hydrogens (tertiary/aromatic N) is 3. The molecule has 0 radical (unpaired) electrons. The molecule has 198 valence electrons. The van der Waals surface area contributed by atoms with Crippen molar-refractivity contribution in [3.63, 3.8) is 0 Å². The summed E-state index contributed by atoms with van der Waals surface area (Å²) >= 11 is 0. The van der Waals surface area contributed by atoms with Gasteiger partial charge in [0, 0.05) is 23.8 Å². The molecule has 1 aromatic rings. The summed E-state index contributed by atoms with van der Waals surface area (Å²) in [6.07, 6.45) is 1.28. The summed E-state index contributed by atoms with van der Waals surface area (Å²) in [7, 11) is -1.60. The maximum Gasteiger partial charge on any atom is 0.329 e. The molecule has 4 unspecified atom stereocenters. The lowest BCUT2D eigenvalue weighted by atomic mass is 9.89. The molecule has 1 aromatic heterocycles. The van der Waals surface area contributed by atoms with Crippen molar-refractivity contribution in [2.24, 2.45) is 0 Å². The van der Waals surface area contributed by atoms with E-state index in [1.54, 1.807) is 17.7 Å². The maximum atomic E-state index is 13.0. The number of aryl methyl sites for hydroxylation is 1. The van der Waals surface area contributed by atoms with Gasteiger partial charge in [0.05, 0.1) is 38.4 Å². The van der Waals surface area contributed by atoms with E-state index < -0.39 is 37.5 Å². The van der Waals surface area contributed by atoms with Gasteiger partial charge >= 0.3 is 5.69 Å². The van der Waals surface area contributed by atoms with Gasteiger partial charge in [0.1, 0.15) is 17.7 Å². The molecule has 1 saturated heterocycles. The van der Waals surface area contributed by atoms with Gasteiger partial charge in [-0.2, -0.15) is 5.26 Å². The molecule has 0 aliphatic carbocycles. The summed E-state index contributed by atoms with van der Waals surface area (Å²) in [4.78, 5) is 27.5. The minimum absolute atomic E-state index is 0.00913. The SMILES string of the molecule is CCC1(n2cc(C)c(=O)[nH]c2=O)COC(COC(C)C)C1OP(OCCC#N)N(C(C)C)C(C)C. The zero-order valence-electron chi connectivity index (χ0n) is 22.2. The first-order valence-electron chi connectivity index (χ1n) is 12.3. The smallest absolute Gasteiger partial charge is 0.329 e. The summed E-state index contributed by atoms with van der Waals surface area (Å²) in [6, 6.07) is 2.35. The molecule has 0 spiro atoms. The van der Waals surface area contributed by atoms with Gasteiger partial charge < -0.3 is 18.5 Å². The highest BCUT2D eigenvalue weighted by molar-refractivity contribution is 7.44. The zero-order chi connectivity index (χ0) is 26.3. The monoisotopic (exact) mass is 512 g/mol. The molecule has 0 bridgehead atoms.